The van der Waals surface area contributed by atoms with Gasteiger partial charge in [0.25, 0.3) is 5.56 Å². The maximum atomic E-state index is 12.9. The first-order valence-corrected chi connectivity index (χ1v) is 11.3. The van der Waals surface area contributed by atoms with Crippen molar-refractivity contribution in [1.82, 2.24) is 9.66 Å². The van der Waals surface area contributed by atoms with Gasteiger partial charge in [0.2, 0.25) is 0 Å². The largest absolute Gasteiger partial charge is 0.486 e. The summed E-state index contributed by atoms with van der Waals surface area (Å²) in [6.07, 6.45) is 1.52. The summed E-state index contributed by atoms with van der Waals surface area (Å²) in [7, 11) is 0. The number of fused-ring (bicyclic) bond motifs is 1. The van der Waals surface area contributed by atoms with Crippen molar-refractivity contribution in [2.24, 2.45) is 5.10 Å². The van der Waals surface area contributed by atoms with E-state index in [-0.39, 0.29) is 5.56 Å². The molecule has 4 rings (SSSR count). The van der Waals surface area contributed by atoms with Gasteiger partial charge in [0.05, 0.1) is 27.2 Å². The van der Waals surface area contributed by atoms with Gasteiger partial charge < -0.3 is 4.74 Å². The van der Waals surface area contributed by atoms with Crippen LogP contribution in [0.4, 0.5) is 0 Å². The molecule has 0 saturated heterocycles. The van der Waals surface area contributed by atoms with E-state index in [0.29, 0.717) is 44.7 Å². The van der Waals surface area contributed by atoms with Crippen LogP contribution in [0.5, 0.6) is 5.75 Å². The highest BCUT2D eigenvalue weighted by Gasteiger charge is 2.11. The maximum Gasteiger partial charge on any atom is 0.282 e. The van der Waals surface area contributed by atoms with Crippen LogP contribution in [0.2, 0.25) is 10.0 Å². The molecule has 0 radical (unpaired) electrons. The number of hydrogen-bond acceptors (Lipinski definition) is 4. The average molecular weight is 531 g/mol. The zero-order valence-electron chi connectivity index (χ0n) is 17.3. The van der Waals surface area contributed by atoms with Gasteiger partial charge in [0.15, 0.2) is 5.75 Å². The van der Waals surface area contributed by atoms with Crippen LogP contribution in [0.3, 0.4) is 0 Å². The molecule has 8 heteroatoms. The van der Waals surface area contributed by atoms with Crippen molar-refractivity contribution >= 4 is 56.2 Å². The lowest BCUT2D eigenvalue weighted by molar-refractivity contribution is 0.306. The van der Waals surface area contributed by atoms with Crippen LogP contribution >= 0.6 is 39.1 Å². The molecule has 4 aromatic rings. The summed E-state index contributed by atoms with van der Waals surface area (Å²) in [4.78, 5) is 17.3. The number of benzene rings is 3. The minimum atomic E-state index is -0.264. The molecule has 5 nitrogen and oxygen atoms in total. The molecule has 32 heavy (non-hydrogen) atoms. The molecule has 0 aliphatic rings. The quantitative estimate of drug-likeness (QED) is 0.275. The predicted molar refractivity (Wildman–Crippen MR) is 133 cm³/mol. The second-order valence-electron chi connectivity index (χ2n) is 7.27. The molecule has 3 aromatic carbocycles. The minimum absolute atomic E-state index is 0.264. The molecular formula is C24H18BrCl2N3O2. The Morgan fingerprint density at radius 1 is 1.06 bits per heavy atom. The smallest absolute Gasteiger partial charge is 0.282 e. The SMILES string of the molecule is Cc1ccc(COc2c(Cl)cc(C=Nn3c(C)nc4ccc(Br)cc4c3=O)cc2Cl)cc1. The van der Waals surface area contributed by atoms with E-state index in [9.17, 15) is 4.79 Å². The van der Waals surface area contributed by atoms with Crippen molar-refractivity contribution < 1.29 is 4.74 Å². The number of aromatic nitrogens is 2. The van der Waals surface area contributed by atoms with Gasteiger partial charge in [-0.15, -0.1) is 0 Å². The van der Waals surface area contributed by atoms with Crippen molar-refractivity contribution in [2.45, 2.75) is 20.5 Å². The molecule has 0 aliphatic carbocycles. The first-order chi connectivity index (χ1) is 15.3. The summed E-state index contributed by atoms with van der Waals surface area (Å²) in [5.41, 5.74) is 3.17. The highest BCUT2D eigenvalue weighted by atomic mass is 79.9. The fourth-order valence-electron chi connectivity index (χ4n) is 3.15. The number of hydrogen-bond donors (Lipinski definition) is 0. The Hall–Kier alpha value is -2.67. The summed E-state index contributed by atoms with van der Waals surface area (Å²) in [6.45, 7) is 4.10. The molecule has 1 aromatic heterocycles. The summed E-state index contributed by atoms with van der Waals surface area (Å²) in [5.74, 6) is 0.868. The number of ether oxygens (including phenoxy) is 1. The molecule has 1 heterocycles. The van der Waals surface area contributed by atoms with Crippen molar-refractivity contribution in [3.05, 3.63) is 102 Å². The first kappa shape index (κ1) is 22.5. The predicted octanol–water partition coefficient (Wildman–Crippen LogP) is 6.54. The lowest BCUT2D eigenvalue weighted by atomic mass is 10.2. The standard InChI is InChI=1S/C24H18BrCl2N3O2/c1-14-3-5-16(6-4-14)13-32-23-20(26)9-17(10-21(23)27)12-28-30-15(2)29-22-8-7-18(25)11-19(22)24(30)31/h3-12H,13H2,1-2H3. The van der Waals surface area contributed by atoms with Gasteiger partial charge in [0, 0.05) is 4.47 Å². The van der Waals surface area contributed by atoms with Gasteiger partial charge in [-0.25, -0.2) is 4.98 Å². The Balaban J connectivity index is 1.60. The molecule has 0 unspecified atom stereocenters. The summed E-state index contributed by atoms with van der Waals surface area (Å²) < 4.78 is 7.87. The molecular weight excluding hydrogens is 513 g/mol. The molecule has 162 valence electrons. The molecule has 0 spiro atoms. The topological polar surface area (TPSA) is 56.5 Å². The van der Waals surface area contributed by atoms with Gasteiger partial charge >= 0.3 is 0 Å². The molecule has 0 aliphatic heterocycles. The van der Waals surface area contributed by atoms with Crippen molar-refractivity contribution in [2.75, 3.05) is 0 Å². The van der Waals surface area contributed by atoms with E-state index in [1.165, 1.54) is 16.5 Å². The number of rotatable bonds is 5. The van der Waals surface area contributed by atoms with Gasteiger partial charge in [-0.2, -0.15) is 9.78 Å². The van der Waals surface area contributed by atoms with Crippen molar-refractivity contribution in [3.63, 3.8) is 0 Å². The van der Waals surface area contributed by atoms with Gasteiger partial charge in [-0.1, -0.05) is 69.0 Å². The van der Waals surface area contributed by atoms with E-state index in [1.54, 1.807) is 31.2 Å². The third kappa shape index (κ3) is 4.88. The third-order valence-electron chi connectivity index (χ3n) is 4.82. The van der Waals surface area contributed by atoms with Gasteiger partial charge in [-0.05, 0) is 55.3 Å². The van der Waals surface area contributed by atoms with E-state index in [2.05, 4.69) is 26.0 Å². The van der Waals surface area contributed by atoms with Crippen LogP contribution in [0.15, 0.2) is 69.0 Å². The first-order valence-electron chi connectivity index (χ1n) is 9.72. The van der Waals surface area contributed by atoms with E-state index < -0.39 is 0 Å². The normalized spacial score (nSPS) is 11.4. The molecule has 0 N–H and O–H groups in total. The summed E-state index contributed by atoms with van der Waals surface area (Å²) in [6, 6.07) is 16.8. The van der Waals surface area contributed by atoms with Gasteiger partial charge in [-0.3, -0.25) is 4.79 Å². The van der Waals surface area contributed by atoms with Crippen LogP contribution in [0.25, 0.3) is 10.9 Å². The van der Waals surface area contributed by atoms with E-state index in [0.717, 1.165) is 10.0 Å². The van der Waals surface area contributed by atoms with Crippen LogP contribution in [-0.4, -0.2) is 15.9 Å². The maximum absolute atomic E-state index is 12.9. The van der Waals surface area contributed by atoms with E-state index >= 15 is 0 Å². The molecule has 0 fully saturated rings. The number of aryl methyl sites for hydroxylation is 2. The van der Waals surface area contributed by atoms with Crippen molar-refractivity contribution in [3.8, 4) is 5.75 Å². The molecule has 0 amide bonds. The zero-order chi connectivity index (χ0) is 22.8. The Morgan fingerprint density at radius 3 is 2.44 bits per heavy atom. The Labute approximate surface area is 203 Å². The molecule has 0 saturated carbocycles. The highest BCUT2D eigenvalue weighted by molar-refractivity contribution is 9.10. The van der Waals surface area contributed by atoms with Crippen LogP contribution in [0, 0.1) is 13.8 Å². The van der Waals surface area contributed by atoms with E-state index in [1.807, 2.05) is 37.3 Å². The Bertz CT molecular complexity index is 1380. The Morgan fingerprint density at radius 2 is 1.75 bits per heavy atom. The van der Waals surface area contributed by atoms with Crippen molar-refractivity contribution in [1.29, 1.82) is 0 Å². The molecule has 0 atom stereocenters. The van der Waals surface area contributed by atoms with Crippen LogP contribution in [0.1, 0.15) is 22.5 Å². The fourth-order valence-corrected chi connectivity index (χ4v) is 4.13. The monoisotopic (exact) mass is 529 g/mol. The third-order valence-corrected chi connectivity index (χ3v) is 5.87. The second kappa shape index (κ2) is 9.45. The summed E-state index contributed by atoms with van der Waals surface area (Å²) in [5, 5.41) is 5.50. The van der Waals surface area contributed by atoms with Gasteiger partial charge in [0.1, 0.15) is 12.4 Å². The highest BCUT2D eigenvalue weighted by Crippen LogP contribution is 2.34. The number of nitrogens with zero attached hydrogens (tertiary/aromatic N) is 3. The number of halogens is 3. The summed E-state index contributed by atoms with van der Waals surface area (Å²) >= 11 is 16.2. The zero-order valence-corrected chi connectivity index (χ0v) is 20.4. The van der Waals surface area contributed by atoms with E-state index in [4.69, 9.17) is 27.9 Å². The van der Waals surface area contributed by atoms with Crippen LogP contribution < -0.4 is 10.3 Å². The Kier molecular flexibility index (Phi) is 6.65. The lowest BCUT2D eigenvalue weighted by Gasteiger charge is -2.11. The average Bonchev–Trinajstić information content (AvgIpc) is 2.75. The minimum Gasteiger partial charge on any atom is -0.486 e. The van der Waals surface area contributed by atoms with Crippen LogP contribution in [-0.2, 0) is 6.61 Å². The lowest BCUT2D eigenvalue weighted by Crippen LogP contribution is -2.20. The fraction of sp³-hybridized carbons (Fsp3) is 0.125. The molecule has 0 bridgehead atoms. The second-order valence-corrected chi connectivity index (χ2v) is 9.00.